The molecule has 0 bridgehead atoms. The van der Waals surface area contributed by atoms with Gasteiger partial charge in [-0.1, -0.05) is 73.1 Å². The lowest BCUT2D eigenvalue weighted by Gasteiger charge is -2.34. The number of halogens is 2. The quantitative estimate of drug-likeness (QED) is 0.323. The number of nitrogens with zero attached hydrogens (tertiary/aromatic N) is 3. The first-order valence-electron chi connectivity index (χ1n) is 12.8. The second-order valence-electron chi connectivity index (χ2n) is 9.39. The maximum atomic E-state index is 14.9. The molecule has 1 atom stereocenters. The molecule has 214 valence electrons. The second kappa shape index (κ2) is 14.2. The zero-order chi connectivity index (χ0) is 29.3. The number of hydrogen-bond acceptors (Lipinski definition) is 4. The van der Waals surface area contributed by atoms with Gasteiger partial charge in [0.1, 0.15) is 18.4 Å². The van der Waals surface area contributed by atoms with Gasteiger partial charge in [0, 0.05) is 38.6 Å². The lowest BCUT2D eigenvalue weighted by molar-refractivity contribution is -0.140. The van der Waals surface area contributed by atoms with Gasteiger partial charge in [-0.2, -0.15) is 12.7 Å². The molecule has 0 heterocycles. The van der Waals surface area contributed by atoms with E-state index < -0.39 is 34.5 Å². The Hall–Kier alpha value is -3.47. The highest BCUT2D eigenvalue weighted by Crippen LogP contribution is 2.24. The molecule has 0 saturated carbocycles. The Morgan fingerprint density at radius 2 is 1.55 bits per heavy atom. The van der Waals surface area contributed by atoms with E-state index in [-0.39, 0.29) is 24.6 Å². The van der Waals surface area contributed by atoms with Gasteiger partial charge in [-0.3, -0.25) is 9.59 Å². The van der Waals surface area contributed by atoms with E-state index in [1.54, 1.807) is 24.3 Å². The molecule has 0 spiro atoms. The maximum Gasteiger partial charge on any atom is 0.304 e. The van der Waals surface area contributed by atoms with Gasteiger partial charge in [0.05, 0.1) is 5.69 Å². The Labute approximate surface area is 240 Å². The van der Waals surface area contributed by atoms with Crippen molar-refractivity contribution in [2.24, 2.45) is 0 Å². The predicted octanol–water partition coefficient (Wildman–Crippen LogP) is 4.26. The molecule has 3 aromatic carbocycles. The normalized spacial score (nSPS) is 12.2. The van der Waals surface area contributed by atoms with Gasteiger partial charge >= 0.3 is 10.2 Å². The number of carbonyl (C=O) groups is 2. The van der Waals surface area contributed by atoms with Gasteiger partial charge < -0.3 is 10.2 Å². The average molecular weight is 589 g/mol. The number of nitrogens with one attached hydrogen (secondary N) is 1. The Morgan fingerprint density at radius 3 is 2.15 bits per heavy atom. The first-order valence-corrected chi connectivity index (χ1v) is 14.6. The van der Waals surface area contributed by atoms with Crippen LogP contribution in [0.2, 0.25) is 5.02 Å². The molecule has 11 heteroatoms. The van der Waals surface area contributed by atoms with Gasteiger partial charge in [-0.25, -0.2) is 8.70 Å². The van der Waals surface area contributed by atoms with Crippen LogP contribution in [0.25, 0.3) is 0 Å². The van der Waals surface area contributed by atoms with Gasteiger partial charge in [-0.05, 0) is 41.8 Å². The van der Waals surface area contributed by atoms with E-state index >= 15 is 0 Å². The second-order valence-corrected chi connectivity index (χ2v) is 11.9. The third-order valence-corrected chi connectivity index (χ3v) is 8.28. The molecule has 3 aromatic rings. The smallest absolute Gasteiger partial charge is 0.304 e. The van der Waals surface area contributed by atoms with Crippen LogP contribution in [0.15, 0.2) is 78.9 Å². The average Bonchev–Trinajstić information content (AvgIpc) is 2.94. The highest BCUT2D eigenvalue weighted by Gasteiger charge is 2.35. The molecule has 0 aliphatic rings. The van der Waals surface area contributed by atoms with Crippen molar-refractivity contribution in [2.45, 2.75) is 32.4 Å². The molecular formula is C29H34ClFN4O4S. The lowest BCUT2D eigenvalue weighted by atomic mass is 10.0. The van der Waals surface area contributed by atoms with Gasteiger partial charge in [0.25, 0.3) is 0 Å². The molecule has 2 amide bonds. The van der Waals surface area contributed by atoms with E-state index in [0.29, 0.717) is 23.6 Å². The van der Waals surface area contributed by atoms with Crippen LogP contribution >= 0.6 is 11.6 Å². The molecule has 0 aromatic heterocycles. The monoisotopic (exact) mass is 588 g/mol. The molecule has 0 fully saturated rings. The molecule has 0 radical (unpaired) electrons. The van der Waals surface area contributed by atoms with Crippen molar-refractivity contribution in [1.29, 1.82) is 0 Å². The number of hydrogen-bond donors (Lipinski definition) is 1. The number of rotatable bonds is 13. The van der Waals surface area contributed by atoms with Crippen LogP contribution in [-0.4, -0.2) is 62.7 Å². The van der Waals surface area contributed by atoms with E-state index in [9.17, 15) is 22.4 Å². The highest BCUT2D eigenvalue weighted by molar-refractivity contribution is 7.90. The van der Waals surface area contributed by atoms with Crippen molar-refractivity contribution < 1.29 is 22.4 Å². The van der Waals surface area contributed by atoms with Crippen LogP contribution in [-0.2, 0) is 32.8 Å². The van der Waals surface area contributed by atoms with Crippen LogP contribution in [0.1, 0.15) is 24.5 Å². The minimum atomic E-state index is -4.28. The Bertz CT molecular complexity index is 1390. The van der Waals surface area contributed by atoms with Crippen LogP contribution < -0.4 is 9.62 Å². The Morgan fingerprint density at radius 1 is 0.925 bits per heavy atom. The van der Waals surface area contributed by atoms with Crippen molar-refractivity contribution in [3.63, 3.8) is 0 Å². The Balaban J connectivity index is 2.08. The van der Waals surface area contributed by atoms with E-state index in [2.05, 4.69) is 5.32 Å². The summed E-state index contributed by atoms with van der Waals surface area (Å²) in [5, 5.41) is 3.38. The summed E-state index contributed by atoms with van der Waals surface area (Å²) in [5.41, 5.74) is 1.23. The summed E-state index contributed by atoms with van der Waals surface area (Å²) in [6, 6.07) is 20.4. The molecule has 0 unspecified atom stereocenters. The van der Waals surface area contributed by atoms with Gasteiger partial charge in [0.15, 0.2) is 0 Å². The van der Waals surface area contributed by atoms with E-state index in [0.717, 1.165) is 20.2 Å². The molecule has 8 nitrogen and oxygen atoms in total. The standard InChI is InChI=1S/C29H34ClFN4O4S/c1-4-18-32-29(37)27(19-22-10-6-5-7-11-22)34(20-23-14-16-24(30)17-15-23)28(36)21-35(40(38,39)33(2)3)26-13-9-8-12-25(26)31/h5-17,27H,4,18-21H2,1-3H3,(H,32,37)/t27-/m0/s1. The zero-order valence-corrected chi connectivity index (χ0v) is 24.3. The number of anilines is 1. The molecule has 3 rings (SSSR count). The molecule has 0 aliphatic heterocycles. The van der Waals surface area contributed by atoms with Crippen LogP contribution in [0.3, 0.4) is 0 Å². The number of benzene rings is 3. The molecular weight excluding hydrogens is 555 g/mol. The fourth-order valence-electron chi connectivity index (χ4n) is 4.06. The lowest BCUT2D eigenvalue weighted by Crippen LogP contribution is -2.54. The third kappa shape index (κ3) is 8.03. The first-order chi connectivity index (χ1) is 19.0. The van der Waals surface area contributed by atoms with Gasteiger partial charge in [-0.15, -0.1) is 0 Å². The summed E-state index contributed by atoms with van der Waals surface area (Å²) in [7, 11) is -1.68. The molecule has 0 saturated heterocycles. The van der Waals surface area contributed by atoms with Crippen LogP contribution in [0.4, 0.5) is 10.1 Å². The number of amides is 2. The highest BCUT2D eigenvalue weighted by atomic mass is 35.5. The zero-order valence-electron chi connectivity index (χ0n) is 22.8. The molecule has 0 aliphatic carbocycles. The topological polar surface area (TPSA) is 90.0 Å². The van der Waals surface area contributed by atoms with Gasteiger partial charge in [0.2, 0.25) is 11.8 Å². The minimum absolute atomic E-state index is 0.000170. The van der Waals surface area contributed by atoms with Crippen molar-refractivity contribution in [2.75, 3.05) is 31.5 Å². The van der Waals surface area contributed by atoms with Crippen molar-refractivity contribution in [3.8, 4) is 0 Å². The summed E-state index contributed by atoms with van der Waals surface area (Å²) >= 11 is 6.06. The minimum Gasteiger partial charge on any atom is -0.354 e. The fraction of sp³-hybridized carbons (Fsp3) is 0.310. The fourth-order valence-corrected chi connectivity index (χ4v) is 5.25. The molecule has 1 N–H and O–H groups in total. The van der Waals surface area contributed by atoms with Crippen molar-refractivity contribution in [1.82, 2.24) is 14.5 Å². The van der Waals surface area contributed by atoms with E-state index in [1.165, 1.54) is 37.2 Å². The van der Waals surface area contributed by atoms with E-state index in [4.69, 9.17) is 11.6 Å². The summed E-state index contributed by atoms with van der Waals surface area (Å²) in [4.78, 5) is 28.9. The largest absolute Gasteiger partial charge is 0.354 e. The summed E-state index contributed by atoms with van der Waals surface area (Å²) in [6.07, 6.45) is 0.882. The third-order valence-electron chi connectivity index (χ3n) is 6.23. The predicted molar refractivity (Wildman–Crippen MR) is 156 cm³/mol. The summed E-state index contributed by atoms with van der Waals surface area (Å²) in [6.45, 7) is 1.60. The first kappa shape index (κ1) is 31.1. The number of para-hydroxylation sites is 1. The van der Waals surface area contributed by atoms with Crippen LogP contribution in [0, 0.1) is 5.82 Å². The van der Waals surface area contributed by atoms with E-state index in [1.807, 2.05) is 37.3 Å². The SMILES string of the molecule is CCCNC(=O)[C@H](Cc1ccccc1)N(Cc1ccc(Cl)cc1)C(=O)CN(c1ccccc1F)S(=O)(=O)N(C)C. The maximum absolute atomic E-state index is 14.9. The summed E-state index contributed by atoms with van der Waals surface area (Å²) < 4.78 is 43.1. The molecule has 40 heavy (non-hydrogen) atoms. The Kier molecular flexibility index (Phi) is 11.1. The van der Waals surface area contributed by atoms with Crippen molar-refractivity contribution in [3.05, 3.63) is 101 Å². The van der Waals surface area contributed by atoms with Crippen molar-refractivity contribution >= 4 is 39.3 Å². The van der Waals surface area contributed by atoms with Crippen LogP contribution in [0.5, 0.6) is 0 Å². The number of carbonyl (C=O) groups excluding carboxylic acids is 2. The summed E-state index contributed by atoms with van der Waals surface area (Å²) in [5.74, 6) is -1.84.